The van der Waals surface area contributed by atoms with Crippen LogP contribution in [0.1, 0.15) is 22.9 Å². The molecule has 1 atom stereocenters. The predicted molar refractivity (Wildman–Crippen MR) is 126 cm³/mol. The molecule has 0 radical (unpaired) electrons. The van der Waals surface area contributed by atoms with E-state index in [2.05, 4.69) is 15.3 Å². The molecule has 0 aliphatic rings. The number of benzene rings is 3. The van der Waals surface area contributed by atoms with Crippen LogP contribution in [0.3, 0.4) is 0 Å². The largest absolute Gasteiger partial charge is 0.399 e. The first-order valence-electron chi connectivity index (χ1n) is 10.4. The van der Waals surface area contributed by atoms with Crippen LogP contribution in [0.2, 0.25) is 0 Å². The first kappa shape index (κ1) is 21.2. The average Bonchev–Trinajstić information content (AvgIpc) is 2.81. The number of aliphatic hydroxyl groups excluding tert-OH is 1. The molecule has 6 nitrogen and oxygen atoms in total. The molecule has 1 aromatic heterocycles. The van der Waals surface area contributed by atoms with Gasteiger partial charge in [-0.25, -0.2) is 9.97 Å². The average molecular weight is 425 g/mol. The van der Waals surface area contributed by atoms with E-state index in [-0.39, 0.29) is 18.1 Å². The summed E-state index contributed by atoms with van der Waals surface area (Å²) in [6.45, 7) is 0. The van der Waals surface area contributed by atoms with Gasteiger partial charge in [-0.2, -0.15) is 0 Å². The standard InChI is InChI=1S/C26H24N4O2/c27-21-13-11-20(12-14-21)22-17-28-26(30-24(32)16-19-9-5-2-6-10-19)25(29-22)23(31)15-18-7-3-1-4-8-18/h1-14,17,23,31H,15-16,27H2,(H,28,30,32). The fourth-order valence-electron chi connectivity index (χ4n) is 3.42. The van der Waals surface area contributed by atoms with Crippen LogP contribution in [0.25, 0.3) is 11.3 Å². The third kappa shape index (κ3) is 5.36. The zero-order valence-electron chi connectivity index (χ0n) is 17.5. The highest BCUT2D eigenvalue weighted by Crippen LogP contribution is 2.27. The van der Waals surface area contributed by atoms with Gasteiger partial charge in [0.1, 0.15) is 11.8 Å². The number of nitrogen functional groups attached to an aromatic ring is 1. The van der Waals surface area contributed by atoms with Crippen LogP contribution in [0.15, 0.2) is 91.1 Å². The van der Waals surface area contributed by atoms with Crippen molar-refractivity contribution in [3.63, 3.8) is 0 Å². The molecule has 1 unspecified atom stereocenters. The number of anilines is 2. The van der Waals surface area contributed by atoms with Crippen molar-refractivity contribution >= 4 is 17.4 Å². The Hall–Kier alpha value is -4.03. The van der Waals surface area contributed by atoms with Crippen LogP contribution in [-0.4, -0.2) is 21.0 Å². The van der Waals surface area contributed by atoms with Crippen molar-refractivity contribution < 1.29 is 9.90 Å². The van der Waals surface area contributed by atoms with Gasteiger partial charge in [0.15, 0.2) is 5.82 Å². The van der Waals surface area contributed by atoms with Crippen LogP contribution in [-0.2, 0) is 17.6 Å². The van der Waals surface area contributed by atoms with Gasteiger partial charge in [-0.3, -0.25) is 4.79 Å². The molecule has 0 aliphatic heterocycles. The molecule has 32 heavy (non-hydrogen) atoms. The lowest BCUT2D eigenvalue weighted by Gasteiger charge is -2.16. The first-order valence-corrected chi connectivity index (χ1v) is 10.4. The van der Waals surface area contributed by atoms with Crippen LogP contribution in [0, 0.1) is 0 Å². The Labute approximate surface area is 186 Å². The van der Waals surface area contributed by atoms with Crippen LogP contribution >= 0.6 is 0 Å². The van der Waals surface area contributed by atoms with Crippen LogP contribution in [0.4, 0.5) is 11.5 Å². The number of aliphatic hydroxyl groups is 1. The topological polar surface area (TPSA) is 101 Å². The van der Waals surface area contributed by atoms with E-state index in [0.717, 1.165) is 16.7 Å². The Morgan fingerprint density at radius 1 is 0.906 bits per heavy atom. The molecule has 0 fully saturated rings. The number of nitrogens with one attached hydrogen (secondary N) is 1. The number of carbonyl (C=O) groups excluding carboxylic acids is 1. The Bertz CT molecular complexity index is 1180. The van der Waals surface area contributed by atoms with Crippen molar-refractivity contribution in [1.29, 1.82) is 0 Å². The Morgan fingerprint density at radius 2 is 1.53 bits per heavy atom. The molecule has 1 amide bonds. The predicted octanol–water partition coefficient (Wildman–Crippen LogP) is 4.18. The summed E-state index contributed by atoms with van der Waals surface area (Å²) in [6, 6.07) is 26.4. The molecule has 4 rings (SSSR count). The molecule has 3 aromatic carbocycles. The summed E-state index contributed by atoms with van der Waals surface area (Å²) in [5.41, 5.74) is 10.0. The van der Waals surface area contributed by atoms with E-state index in [1.807, 2.05) is 72.8 Å². The Kier molecular flexibility index (Phi) is 6.53. The van der Waals surface area contributed by atoms with Gasteiger partial charge in [0, 0.05) is 17.7 Å². The van der Waals surface area contributed by atoms with Crippen molar-refractivity contribution in [2.24, 2.45) is 0 Å². The SMILES string of the molecule is Nc1ccc(-c2cnc(NC(=O)Cc3ccccc3)c(C(O)Cc3ccccc3)n2)cc1. The maximum absolute atomic E-state index is 12.6. The Balaban J connectivity index is 1.63. The molecule has 0 aliphatic carbocycles. The van der Waals surface area contributed by atoms with Gasteiger partial charge in [0.05, 0.1) is 18.3 Å². The summed E-state index contributed by atoms with van der Waals surface area (Å²) in [6.07, 6.45) is 1.20. The second-order valence-corrected chi connectivity index (χ2v) is 7.53. The maximum atomic E-state index is 12.6. The second-order valence-electron chi connectivity index (χ2n) is 7.53. The van der Waals surface area contributed by atoms with E-state index in [0.29, 0.717) is 23.5 Å². The molecular weight excluding hydrogens is 400 g/mol. The molecule has 0 spiro atoms. The fourth-order valence-corrected chi connectivity index (χ4v) is 3.42. The third-order valence-corrected chi connectivity index (χ3v) is 5.06. The van der Waals surface area contributed by atoms with Gasteiger partial charge in [-0.1, -0.05) is 72.8 Å². The van der Waals surface area contributed by atoms with Gasteiger partial charge in [-0.05, 0) is 23.3 Å². The van der Waals surface area contributed by atoms with E-state index in [1.54, 1.807) is 18.3 Å². The van der Waals surface area contributed by atoms with Crippen LogP contribution in [0.5, 0.6) is 0 Å². The number of hydrogen-bond donors (Lipinski definition) is 3. The second kappa shape index (κ2) is 9.85. The molecule has 4 aromatic rings. The van der Waals surface area contributed by atoms with Gasteiger partial charge in [-0.15, -0.1) is 0 Å². The molecule has 0 saturated heterocycles. The summed E-state index contributed by atoms with van der Waals surface area (Å²) in [5, 5.41) is 13.8. The van der Waals surface area contributed by atoms with E-state index in [4.69, 9.17) is 5.73 Å². The number of carbonyl (C=O) groups is 1. The van der Waals surface area contributed by atoms with Gasteiger partial charge >= 0.3 is 0 Å². The third-order valence-electron chi connectivity index (χ3n) is 5.06. The summed E-state index contributed by atoms with van der Waals surface area (Å²) >= 11 is 0. The maximum Gasteiger partial charge on any atom is 0.229 e. The Morgan fingerprint density at radius 3 is 2.19 bits per heavy atom. The minimum Gasteiger partial charge on any atom is -0.399 e. The number of amides is 1. The number of rotatable bonds is 7. The molecule has 6 heteroatoms. The minimum absolute atomic E-state index is 0.205. The molecular formula is C26H24N4O2. The summed E-state index contributed by atoms with van der Waals surface area (Å²) in [7, 11) is 0. The van der Waals surface area contributed by atoms with E-state index < -0.39 is 6.10 Å². The minimum atomic E-state index is -0.939. The van der Waals surface area contributed by atoms with E-state index in [9.17, 15) is 9.90 Å². The van der Waals surface area contributed by atoms with Crippen molar-refractivity contribution in [2.75, 3.05) is 11.1 Å². The lowest BCUT2D eigenvalue weighted by atomic mass is 10.0. The molecule has 0 saturated carbocycles. The molecule has 1 heterocycles. The number of nitrogens with two attached hydrogens (primary N) is 1. The first-order chi connectivity index (χ1) is 15.6. The quantitative estimate of drug-likeness (QED) is 0.386. The lowest BCUT2D eigenvalue weighted by molar-refractivity contribution is -0.115. The van der Waals surface area contributed by atoms with E-state index >= 15 is 0 Å². The van der Waals surface area contributed by atoms with Crippen LogP contribution < -0.4 is 11.1 Å². The highest BCUT2D eigenvalue weighted by Gasteiger charge is 2.19. The van der Waals surface area contributed by atoms with Crippen molar-refractivity contribution in [1.82, 2.24) is 9.97 Å². The number of hydrogen-bond acceptors (Lipinski definition) is 5. The highest BCUT2D eigenvalue weighted by molar-refractivity contribution is 5.92. The highest BCUT2D eigenvalue weighted by atomic mass is 16.3. The number of nitrogens with zero attached hydrogens (tertiary/aromatic N) is 2. The normalized spacial score (nSPS) is 11.7. The lowest BCUT2D eigenvalue weighted by Crippen LogP contribution is -2.19. The van der Waals surface area contributed by atoms with Gasteiger partial charge < -0.3 is 16.2 Å². The summed E-state index contributed by atoms with van der Waals surface area (Å²) in [5.74, 6) is 0.0347. The molecule has 160 valence electrons. The smallest absolute Gasteiger partial charge is 0.229 e. The van der Waals surface area contributed by atoms with Crippen molar-refractivity contribution in [3.8, 4) is 11.3 Å². The summed E-state index contributed by atoms with van der Waals surface area (Å²) < 4.78 is 0. The van der Waals surface area contributed by atoms with Crippen molar-refractivity contribution in [3.05, 3.63) is 108 Å². The fraction of sp³-hybridized carbons (Fsp3) is 0.115. The van der Waals surface area contributed by atoms with Gasteiger partial charge in [0.2, 0.25) is 5.91 Å². The van der Waals surface area contributed by atoms with Crippen molar-refractivity contribution in [2.45, 2.75) is 18.9 Å². The molecule has 0 bridgehead atoms. The van der Waals surface area contributed by atoms with E-state index in [1.165, 1.54) is 0 Å². The van der Waals surface area contributed by atoms with Gasteiger partial charge in [0.25, 0.3) is 0 Å². The number of aromatic nitrogens is 2. The molecule has 4 N–H and O–H groups in total. The zero-order valence-corrected chi connectivity index (χ0v) is 17.5. The zero-order chi connectivity index (χ0) is 22.3. The monoisotopic (exact) mass is 424 g/mol. The summed E-state index contributed by atoms with van der Waals surface area (Å²) in [4.78, 5) is 21.7.